The number of hydrogen-bond acceptors (Lipinski definition) is 3. The molecule has 0 bridgehead atoms. The number of amides is 2. The zero-order valence-corrected chi connectivity index (χ0v) is 18.5. The fourth-order valence-corrected chi connectivity index (χ4v) is 3.49. The Bertz CT molecular complexity index is 1020. The number of hydrogen-bond donors (Lipinski definition) is 0. The van der Waals surface area contributed by atoms with E-state index < -0.39 is 0 Å². The molecule has 0 saturated heterocycles. The van der Waals surface area contributed by atoms with Gasteiger partial charge in [0.2, 0.25) is 5.91 Å². The van der Waals surface area contributed by atoms with Crippen molar-refractivity contribution in [3.63, 3.8) is 0 Å². The van der Waals surface area contributed by atoms with E-state index in [4.69, 9.17) is 4.74 Å². The molecule has 31 heavy (non-hydrogen) atoms. The van der Waals surface area contributed by atoms with E-state index in [0.717, 1.165) is 22.1 Å². The Balaban J connectivity index is 1.50. The summed E-state index contributed by atoms with van der Waals surface area (Å²) in [4.78, 5) is 28.1. The van der Waals surface area contributed by atoms with Crippen LogP contribution in [0.15, 0.2) is 66.7 Å². The number of nitrogens with zero attached hydrogens (tertiary/aromatic N) is 2. The highest BCUT2D eigenvalue weighted by Crippen LogP contribution is 2.25. The first-order valence-corrected chi connectivity index (χ1v) is 10.7. The Morgan fingerprint density at radius 1 is 0.903 bits per heavy atom. The maximum Gasteiger partial charge on any atom is 0.253 e. The van der Waals surface area contributed by atoms with Gasteiger partial charge in [0.25, 0.3) is 5.91 Å². The maximum atomic E-state index is 12.7. The molecule has 0 spiro atoms. The molecule has 0 saturated carbocycles. The lowest BCUT2D eigenvalue weighted by Gasteiger charge is -2.21. The molecule has 3 aromatic carbocycles. The van der Waals surface area contributed by atoms with E-state index in [0.29, 0.717) is 38.1 Å². The second-order valence-electron chi connectivity index (χ2n) is 7.73. The number of carbonyl (C=O) groups is 2. The van der Waals surface area contributed by atoms with Crippen LogP contribution in [0.4, 0.5) is 0 Å². The van der Waals surface area contributed by atoms with Crippen molar-refractivity contribution in [3.8, 4) is 5.75 Å². The Morgan fingerprint density at radius 3 is 2.32 bits per heavy atom. The smallest absolute Gasteiger partial charge is 0.253 e. The van der Waals surface area contributed by atoms with Crippen LogP contribution in [-0.4, -0.2) is 48.9 Å². The van der Waals surface area contributed by atoms with E-state index in [-0.39, 0.29) is 11.8 Å². The van der Waals surface area contributed by atoms with Gasteiger partial charge in [-0.15, -0.1) is 0 Å². The van der Waals surface area contributed by atoms with Crippen molar-refractivity contribution in [2.45, 2.75) is 26.3 Å². The van der Waals surface area contributed by atoms with Crippen LogP contribution in [0.3, 0.4) is 0 Å². The van der Waals surface area contributed by atoms with E-state index in [1.807, 2.05) is 66.4 Å². The van der Waals surface area contributed by atoms with Gasteiger partial charge in [0.15, 0.2) is 0 Å². The summed E-state index contributed by atoms with van der Waals surface area (Å²) in [5, 5.41) is 2.23. The molecule has 0 radical (unpaired) electrons. The van der Waals surface area contributed by atoms with Crippen molar-refractivity contribution < 1.29 is 14.3 Å². The van der Waals surface area contributed by atoms with Crippen LogP contribution in [-0.2, 0) is 11.3 Å². The molecule has 0 fully saturated rings. The third-order valence-corrected chi connectivity index (χ3v) is 5.26. The lowest BCUT2D eigenvalue weighted by Crippen LogP contribution is -2.30. The summed E-state index contributed by atoms with van der Waals surface area (Å²) in [5.41, 5.74) is 1.66. The average Bonchev–Trinajstić information content (AvgIpc) is 2.80. The Labute approximate surface area is 184 Å². The van der Waals surface area contributed by atoms with Gasteiger partial charge >= 0.3 is 0 Å². The third kappa shape index (κ3) is 5.85. The molecule has 5 heteroatoms. The van der Waals surface area contributed by atoms with Crippen LogP contribution in [0.25, 0.3) is 10.8 Å². The van der Waals surface area contributed by atoms with Gasteiger partial charge in [-0.1, -0.05) is 48.5 Å². The van der Waals surface area contributed by atoms with Gasteiger partial charge in [-0.3, -0.25) is 9.59 Å². The van der Waals surface area contributed by atoms with Gasteiger partial charge in [0.05, 0.1) is 6.61 Å². The first-order valence-electron chi connectivity index (χ1n) is 10.7. The molecule has 0 aliphatic rings. The molecular weight excluding hydrogens is 388 g/mol. The normalized spacial score (nSPS) is 10.7. The maximum absolute atomic E-state index is 12.7. The average molecular weight is 419 g/mol. The van der Waals surface area contributed by atoms with Crippen LogP contribution in [0, 0.1) is 0 Å². The van der Waals surface area contributed by atoms with E-state index in [1.54, 1.807) is 19.0 Å². The molecule has 0 aromatic heterocycles. The fraction of sp³-hybridized carbons (Fsp3) is 0.308. The van der Waals surface area contributed by atoms with E-state index >= 15 is 0 Å². The predicted octanol–water partition coefficient (Wildman–Crippen LogP) is 4.75. The summed E-state index contributed by atoms with van der Waals surface area (Å²) in [6.07, 6.45) is 1.10. The number of rotatable bonds is 9. The van der Waals surface area contributed by atoms with Crippen LogP contribution < -0.4 is 4.74 Å². The number of benzene rings is 3. The fourth-order valence-electron chi connectivity index (χ4n) is 3.49. The van der Waals surface area contributed by atoms with Crippen molar-refractivity contribution in [1.29, 1.82) is 0 Å². The molecular formula is C26H30N2O3. The summed E-state index contributed by atoms with van der Waals surface area (Å²) >= 11 is 0. The lowest BCUT2D eigenvalue weighted by molar-refractivity contribution is -0.131. The van der Waals surface area contributed by atoms with Crippen LogP contribution in [0.1, 0.15) is 35.7 Å². The Hall–Kier alpha value is -3.34. The summed E-state index contributed by atoms with van der Waals surface area (Å²) < 4.78 is 5.95. The largest absolute Gasteiger partial charge is 0.493 e. The predicted molar refractivity (Wildman–Crippen MR) is 124 cm³/mol. The van der Waals surface area contributed by atoms with Crippen molar-refractivity contribution in [2.75, 3.05) is 27.2 Å². The van der Waals surface area contributed by atoms with Crippen molar-refractivity contribution in [3.05, 3.63) is 77.9 Å². The van der Waals surface area contributed by atoms with Crippen LogP contribution in [0.5, 0.6) is 5.75 Å². The van der Waals surface area contributed by atoms with Crippen LogP contribution >= 0.6 is 0 Å². The highest BCUT2D eigenvalue weighted by Gasteiger charge is 2.13. The topological polar surface area (TPSA) is 49.9 Å². The molecule has 0 aliphatic heterocycles. The molecule has 3 aromatic rings. The van der Waals surface area contributed by atoms with Gasteiger partial charge in [-0.05, 0) is 42.5 Å². The lowest BCUT2D eigenvalue weighted by atomic mass is 10.1. The summed E-state index contributed by atoms with van der Waals surface area (Å²) in [6, 6.07) is 21.6. The Kier molecular flexibility index (Phi) is 7.65. The molecule has 5 nitrogen and oxygen atoms in total. The summed E-state index contributed by atoms with van der Waals surface area (Å²) in [5.74, 6) is 0.934. The minimum absolute atomic E-state index is 0.0267. The van der Waals surface area contributed by atoms with Crippen molar-refractivity contribution >= 4 is 22.6 Å². The van der Waals surface area contributed by atoms with Crippen LogP contribution in [0.2, 0.25) is 0 Å². The van der Waals surface area contributed by atoms with Gasteiger partial charge in [0.1, 0.15) is 5.75 Å². The zero-order valence-electron chi connectivity index (χ0n) is 18.5. The first kappa shape index (κ1) is 22.3. The number of carbonyl (C=O) groups excluding carboxylic acids is 2. The molecule has 0 aliphatic carbocycles. The standard InChI is InChI=1S/C26H30N2O3/c1-4-28(19-20-14-16-22(17-15-20)26(30)27(2)3)25(29)13-8-18-31-24-12-7-10-21-9-5-6-11-23(21)24/h5-7,9-12,14-17H,4,8,13,18-19H2,1-3H3. The molecule has 2 amide bonds. The highest BCUT2D eigenvalue weighted by atomic mass is 16.5. The second-order valence-corrected chi connectivity index (χ2v) is 7.73. The first-order chi connectivity index (χ1) is 15.0. The monoisotopic (exact) mass is 418 g/mol. The van der Waals surface area contributed by atoms with Gasteiger partial charge < -0.3 is 14.5 Å². The van der Waals surface area contributed by atoms with Gasteiger partial charge in [-0.25, -0.2) is 0 Å². The minimum Gasteiger partial charge on any atom is -0.493 e. The summed E-state index contributed by atoms with van der Waals surface area (Å²) in [6.45, 7) is 3.66. The van der Waals surface area contributed by atoms with Crippen molar-refractivity contribution in [1.82, 2.24) is 9.80 Å². The molecule has 3 rings (SSSR count). The number of fused-ring (bicyclic) bond motifs is 1. The molecule has 0 heterocycles. The SMILES string of the molecule is CCN(Cc1ccc(C(=O)N(C)C)cc1)C(=O)CCCOc1cccc2ccccc12. The quantitative estimate of drug-likeness (QED) is 0.471. The highest BCUT2D eigenvalue weighted by molar-refractivity contribution is 5.93. The van der Waals surface area contributed by atoms with E-state index in [1.165, 1.54) is 0 Å². The minimum atomic E-state index is -0.0267. The second kappa shape index (κ2) is 10.6. The Morgan fingerprint density at radius 2 is 1.61 bits per heavy atom. The third-order valence-electron chi connectivity index (χ3n) is 5.26. The molecule has 0 N–H and O–H groups in total. The zero-order chi connectivity index (χ0) is 22.2. The van der Waals surface area contributed by atoms with E-state index in [9.17, 15) is 9.59 Å². The van der Waals surface area contributed by atoms with E-state index in [2.05, 4.69) is 12.1 Å². The van der Waals surface area contributed by atoms with Gasteiger partial charge in [-0.2, -0.15) is 0 Å². The molecule has 0 unspecified atom stereocenters. The van der Waals surface area contributed by atoms with Gasteiger partial charge in [0, 0.05) is 44.6 Å². The number of ether oxygens (including phenoxy) is 1. The van der Waals surface area contributed by atoms with Crippen molar-refractivity contribution in [2.24, 2.45) is 0 Å². The molecule has 0 atom stereocenters. The summed E-state index contributed by atoms with van der Waals surface area (Å²) in [7, 11) is 3.47. The molecule has 162 valence electrons.